The first kappa shape index (κ1) is 31.1. The summed E-state index contributed by atoms with van der Waals surface area (Å²) in [6, 6.07) is 2.86. The van der Waals surface area contributed by atoms with Crippen molar-refractivity contribution in [1.82, 2.24) is 20.2 Å². The number of thioether (sulfide) groups is 2. The third-order valence-corrected chi connectivity index (χ3v) is 10.6. The molecule has 2 aliphatic rings. The van der Waals surface area contributed by atoms with Gasteiger partial charge in [0.15, 0.2) is 32.4 Å². The van der Waals surface area contributed by atoms with Crippen LogP contribution in [0.3, 0.4) is 0 Å². The summed E-state index contributed by atoms with van der Waals surface area (Å²) in [4.78, 5) is 65.0. The molecule has 3 aromatic rings. The number of amides is 2. The van der Waals surface area contributed by atoms with Crippen LogP contribution in [0, 0.1) is 0 Å². The summed E-state index contributed by atoms with van der Waals surface area (Å²) in [6.45, 7) is 1.86. The Kier molecular flexibility index (Phi) is 9.00. The summed E-state index contributed by atoms with van der Waals surface area (Å²) < 4.78 is 0.318. The molecule has 0 radical (unpaired) electrons. The van der Waals surface area contributed by atoms with Crippen LogP contribution in [0.5, 0.6) is 11.5 Å². The van der Waals surface area contributed by atoms with Crippen molar-refractivity contribution in [2.24, 2.45) is 5.16 Å². The maximum Gasteiger partial charge on any atom is 0.356 e. The number of hydrogen-bond acceptors (Lipinski definition) is 15. The maximum absolute atomic E-state index is 13.1. The van der Waals surface area contributed by atoms with Crippen LogP contribution >= 0.6 is 46.2 Å². The molecular formula is C25H22N6O9S4. The van der Waals surface area contributed by atoms with Gasteiger partial charge in [-0.05, 0) is 36.3 Å². The van der Waals surface area contributed by atoms with Gasteiger partial charge in [0.25, 0.3) is 11.8 Å². The van der Waals surface area contributed by atoms with Gasteiger partial charge in [-0.15, -0.1) is 34.4 Å². The molecule has 0 spiro atoms. The van der Waals surface area contributed by atoms with Crippen molar-refractivity contribution >= 4 is 80.8 Å². The molecule has 2 aliphatic heterocycles. The van der Waals surface area contributed by atoms with Crippen LogP contribution < -0.4 is 11.1 Å². The van der Waals surface area contributed by atoms with Crippen LogP contribution in [-0.2, 0) is 19.2 Å². The number of nitrogens with two attached hydrogens (primary N) is 1. The highest BCUT2D eigenvalue weighted by Crippen LogP contribution is 2.43. The topological polar surface area (TPSA) is 238 Å². The number of aromatic hydroxyl groups is 2. The minimum Gasteiger partial charge on any atom is -0.504 e. The van der Waals surface area contributed by atoms with Crippen molar-refractivity contribution in [3.8, 4) is 21.9 Å². The number of carboxylic acids is 2. The minimum atomic E-state index is -1.33. The summed E-state index contributed by atoms with van der Waals surface area (Å²) >= 11 is 4.48. The zero-order chi connectivity index (χ0) is 31.7. The van der Waals surface area contributed by atoms with Crippen molar-refractivity contribution in [3.05, 3.63) is 46.2 Å². The van der Waals surface area contributed by atoms with Gasteiger partial charge >= 0.3 is 11.9 Å². The van der Waals surface area contributed by atoms with Crippen LogP contribution in [0.4, 0.5) is 5.13 Å². The number of oxime groups is 1. The second-order valence-electron chi connectivity index (χ2n) is 9.00. The fourth-order valence-corrected chi connectivity index (χ4v) is 8.41. The zero-order valence-corrected chi connectivity index (χ0v) is 25.7. The number of β-lactam (4-membered cyclic amide) rings is 1. The first-order valence-electron chi connectivity index (χ1n) is 12.5. The number of thiazole rings is 2. The van der Waals surface area contributed by atoms with E-state index in [2.05, 4.69) is 20.4 Å². The molecule has 2 amide bonds. The summed E-state index contributed by atoms with van der Waals surface area (Å²) in [5, 5.41) is 46.6. The third kappa shape index (κ3) is 6.03. The Morgan fingerprint density at radius 1 is 1.20 bits per heavy atom. The summed E-state index contributed by atoms with van der Waals surface area (Å²) in [5.41, 5.74) is 5.93. The fourth-order valence-electron chi connectivity index (χ4n) is 4.25. The fraction of sp³-hybridized carbons (Fsp3) is 0.240. The normalized spacial score (nSPS) is 18.1. The molecule has 5 rings (SSSR count). The van der Waals surface area contributed by atoms with Gasteiger partial charge in [0.05, 0.1) is 4.88 Å². The van der Waals surface area contributed by atoms with E-state index in [0.717, 1.165) is 39.3 Å². The van der Waals surface area contributed by atoms with Gasteiger partial charge in [-0.25, -0.2) is 19.6 Å². The second kappa shape index (κ2) is 12.7. The smallest absolute Gasteiger partial charge is 0.356 e. The summed E-state index contributed by atoms with van der Waals surface area (Å²) in [5.74, 6) is -4.47. The number of carboxylic acid groups (broad SMARTS) is 2. The van der Waals surface area contributed by atoms with Gasteiger partial charge in [-0.2, -0.15) is 0 Å². The lowest BCUT2D eigenvalue weighted by Gasteiger charge is -2.49. The number of aromatic nitrogens is 2. The third-order valence-electron chi connectivity index (χ3n) is 6.22. The molecule has 0 aliphatic carbocycles. The molecule has 1 fully saturated rings. The van der Waals surface area contributed by atoms with Crippen LogP contribution in [0.25, 0.3) is 10.4 Å². The number of carbonyl (C=O) groups excluding carboxylic acids is 2. The number of rotatable bonds is 11. The summed E-state index contributed by atoms with van der Waals surface area (Å²) in [6.07, 6.45) is 0. The molecule has 230 valence electrons. The van der Waals surface area contributed by atoms with E-state index in [4.69, 9.17) is 10.6 Å². The molecule has 44 heavy (non-hydrogen) atoms. The zero-order valence-electron chi connectivity index (χ0n) is 22.4. The Morgan fingerprint density at radius 3 is 2.61 bits per heavy atom. The average Bonchev–Trinajstić information content (AvgIpc) is 3.62. The SMILES string of the molecule is CCON=C(C(=O)N[C@@H]1C(=O)N2C(C(=O)O)=C(CSc3nc(C(=O)O)c(-c4ccc(O)c(O)c4)s3)CS[C@H]12)c1csc(N)n1. The van der Waals surface area contributed by atoms with E-state index in [1.165, 1.54) is 35.3 Å². The molecule has 1 aromatic carbocycles. The quantitative estimate of drug-likeness (QED) is 0.0561. The number of phenols is 2. The van der Waals surface area contributed by atoms with Gasteiger partial charge in [-0.3, -0.25) is 14.5 Å². The Hall–Kier alpha value is -4.33. The van der Waals surface area contributed by atoms with Crippen molar-refractivity contribution in [2.45, 2.75) is 22.7 Å². The van der Waals surface area contributed by atoms with E-state index in [9.17, 15) is 39.6 Å². The van der Waals surface area contributed by atoms with E-state index in [-0.39, 0.29) is 56.7 Å². The molecule has 0 saturated carbocycles. The summed E-state index contributed by atoms with van der Waals surface area (Å²) in [7, 11) is 0. The van der Waals surface area contributed by atoms with Crippen molar-refractivity contribution in [3.63, 3.8) is 0 Å². The Bertz CT molecular complexity index is 1740. The van der Waals surface area contributed by atoms with Crippen molar-refractivity contribution in [2.75, 3.05) is 23.8 Å². The molecule has 19 heteroatoms. The predicted octanol–water partition coefficient (Wildman–Crippen LogP) is 2.23. The minimum absolute atomic E-state index is 0.0887. The number of phenolic OH excluding ortho intramolecular Hbond substituents is 2. The van der Waals surface area contributed by atoms with Gasteiger partial charge in [0.1, 0.15) is 29.4 Å². The number of aliphatic carboxylic acids is 1. The van der Waals surface area contributed by atoms with E-state index in [0.29, 0.717) is 15.5 Å². The van der Waals surface area contributed by atoms with Crippen molar-refractivity contribution < 1.29 is 44.4 Å². The van der Waals surface area contributed by atoms with E-state index >= 15 is 0 Å². The van der Waals surface area contributed by atoms with Gasteiger partial charge < -0.3 is 36.3 Å². The monoisotopic (exact) mass is 678 g/mol. The molecule has 4 heterocycles. The van der Waals surface area contributed by atoms with Crippen LogP contribution in [0.1, 0.15) is 23.1 Å². The molecule has 0 bridgehead atoms. The first-order valence-corrected chi connectivity index (χ1v) is 16.2. The molecular weight excluding hydrogens is 657 g/mol. The van der Waals surface area contributed by atoms with Gasteiger partial charge in [0, 0.05) is 16.9 Å². The van der Waals surface area contributed by atoms with E-state index in [1.807, 2.05) is 0 Å². The number of benzene rings is 1. The number of nitrogens with zero attached hydrogens (tertiary/aromatic N) is 4. The molecule has 2 atom stereocenters. The molecule has 7 N–H and O–H groups in total. The standard InChI is InChI=1S/C25H22N6O9S4/c1-2-40-30-14(11-8-42-24(26)27-11)19(34)28-16-20(35)31-17(23(38)39)10(6-41-21(16)31)7-43-25-29-15(22(36)37)18(44-25)9-3-4-12(32)13(33)5-9/h3-5,8,16,21,32-33H,2,6-7H2,1H3,(H2,26,27)(H,28,34)(H,36,37)(H,38,39)/t16-,21-/m1/s1. The maximum atomic E-state index is 13.1. The lowest BCUT2D eigenvalue weighted by atomic mass is 10.0. The Balaban J connectivity index is 1.33. The number of anilines is 1. The Morgan fingerprint density at radius 2 is 1.98 bits per heavy atom. The first-order chi connectivity index (χ1) is 21.0. The van der Waals surface area contributed by atoms with Gasteiger partial charge in [-0.1, -0.05) is 16.9 Å². The van der Waals surface area contributed by atoms with E-state index in [1.54, 1.807) is 6.92 Å². The predicted molar refractivity (Wildman–Crippen MR) is 163 cm³/mol. The largest absolute Gasteiger partial charge is 0.504 e. The number of nitrogen functional groups attached to an aromatic ring is 1. The lowest BCUT2D eigenvalue weighted by molar-refractivity contribution is -0.150. The second-order valence-corrected chi connectivity index (χ2v) is 13.2. The number of nitrogens with one attached hydrogen (secondary N) is 1. The van der Waals surface area contributed by atoms with Crippen molar-refractivity contribution in [1.29, 1.82) is 0 Å². The number of aromatic carboxylic acids is 1. The van der Waals surface area contributed by atoms with Gasteiger partial charge in [0.2, 0.25) is 0 Å². The molecule has 1 saturated heterocycles. The number of hydrogen-bond donors (Lipinski definition) is 6. The number of fused-ring (bicyclic) bond motifs is 1. The lowest BCUT2D eigenvalue weighted by Crippen LogP contribution is -2.71. The van der Waals surface area contributed by atoms with E-state index < -0.39 is 40.9 Å². The van der Waals surface area contributed by atoms with Crippen LogP contribution in [0.15, 0.2) is 44.3 Å². The highest BCUT2D eigenvalue weighted by molar-refractivity contribution is 8.02. The molecule has 0 unspecified atom stereocenters. The highest BCUT2D eigenvalue weighted by Gasteiger charge is 2.54. The Labute approximate surface area is 264 Å². The number of carbonyl (C=O) groups is 4. The van der Waals surface area contributed by atoms with Crippen LogP contribution in [0.2, 0.25) is 0 Å². The molecule has 2 aromatic heterocycles. The average molecular weight is 679 g/mol. The van der Waals surface area contributed by atoms with Crippen LogP contribution in [-0.4, -0.2) is 94.3 Å². The highest BCUT2D eigenvalue weighted by atomic mass is 32.2. The molecule has 15 nitrogen and oxygen atoms in total.